The summed E-state index contributed by atoms with van der Waals surface area (Å²) in [6.07, 6.45) is 5.03. The molecular formula is C16H26N2O2S. The van der Waals surface area contributed by atoms with Crippen LogP contribution < -0.4 is 5.73 Å². The van der Waals surface area contributed by atoms with Crippen molar-refractivity contribution in [1.29, 1.82) is 0 Å². The second-order valence-corrected chi connectivity index (χ2v) is 8.53. The molecule has 0 aromatic heterocycles. The van der Waals surface area contributed by atoms with Gasteiger partial charge in [0.1, 0.15) is 9.84 Å². The van der Waals surface area contributed by atoms with Crippen LogP contribution in [0.5, 0.6) is 0 Å². The van der Waals surface area contributed by atoms with Gasteiger partial charge in [0.05, 0.1) is 5.25 Å². The Hall–Kier alpha value is -0.910. The topological polar surface area (TPSA) is 63.4 Å². The Bertz CT molecular complexity index is 554. The molecule has 2 atom stereocenters. The minimum absolute atomic E-state index is 0.168. The third kappa shape index (κ3) is 4.53. The van der Waals surface area contributed by atoms with Crippen LogP contribution in [0.2, 0.25) is 0 Å². The fourth-order valence-corrected chi connectivity index (χ4v) is 4.27. The summed E-state index contributed by atoms with van der Waals surface area (Å²) in [4.78, 5) is 2.29. The first kappa shape index (κ1) is 16.5. The lowest BCUT2D eigenvalue weighted by atomic mass is 9.93. The van der Waals surface area contributed by atoms with Crippen LogP contribution in [0.15, 0.2) is 24.3 Å². The maximum atomic E-state index is 11.8. The largest absolute Gasteiger partial charge is 0.326 e. The van der Waals surface area contributed by atoms with Crippen LogP contribution in [-0.4, -0.2) is 37.9 Å². The molecule has 118 valence electrons. The van der Waals surface area contributed by atoms with Gasteiger partial charge in [-0.2, -0.15) is 0 Å². The molecule has 2 rings (SSSR count). The van der Waals surface area contributed by atoms with E-state index in [9.17, 15) is 8.42 Å². The Kier molecular flexibility index (Phi) is 5.41. The van der Waals surface area contributed by atoms with Crippen LogP contribution in [-0.2, 0) is 22.9 Å². The van der Waals surface area contributed by atoms with Gasteiger partial charge < -0.3 is 5.73 Å². The highest BCUT2D eigenvalue weighted by Gasteiger charge is 2.30. The molecule has 0 radical (unpaired) electrons. The molecule has 0 heterocycles. The molecule has 0 amide bonds. The maximum absolute atomic E-state index is 11.8. The third-order valence-corrected chi connectivity index (χ3v) is 6.16. The number of hydrogen-bond acceptors (Lipinski definition) is 4. The molecule has 2 N–H and O–H groups in total. The van der Waals surface area contributed by atoms with E-state index in [1.54, 1.807) is 0 Å². The Morgan fingerprint density at radius 1 is 1.19 bits per heavy atom. The molecule has 1 saturated carbocycles. The molecule has 1 aromatic rings. The van der Waals surface area contributed by atoms with Crippen molar-refractivity contribution in [3.05, 3.63) is 35.4 Å². The zero-order chi connectivity index (χ0) is 15.5. The van der Waals surface area contributed by atoms with Gasteiger partial charge in [-0.3, -0.25) is 4.90 Å². The van der Waals surface area contributed by atoms with Crippen LogP contribution >= 0.6 is 0 Å². The molecule has 1 aliphatic rings. The Morgan fingerprint density at radius 3 is 2.38 bits per heavy atom. The number of benzene rings is 1. The fourth-order valence-electron chi connectivity index (χ4n) is 3.11. The highest BCUT2D eigenvalue weighted by atomic mass is 32.2. The predicted molar refractivity (Wildman–Crippen MR) is 86.7 cm³/mol. The molecule has 0 saturated heterocycles. The van der Waals surface area contributed by atoms with Crippen molar-refractivity contribution in [2.24, 2.45) is 5.73 Å². The number of nitrogens with zero attached hydrogens (tertiary/aromatic N) is 1. The van der Waals surface area contributed by atoms with E-state index < -0.39 is 9.84 Å². The van der Waals surface area contributed by atoms with Crippen LogP contribution in [0.3, 0.4) is 0 Å². The van der Waals surface area contributed by atoms with Gasteiger partial charge in [-0.1, -0.05) is 30.7 Å². The minimum atomic E-state index is -2.91. The Labute approximate surface area is 128 Å². The van der Waals surface area contributed by atoms with E-state index in [0.29, 0.717) is 12.6 Å². The molecule has 1 aliphatic carbocycles. The molecule has 1 fully saturated rings. The number of rotatable bonds is 5. The molecule has 4 nitrogen and oxygen atoms in total. The van der Waals surface area contributed by atoms with E-state index in [4.69, 9.17) is 5.73 Å². The summed E-state index contributed by atoms with van der Waals surface area (Å²) in [5, 5.41) is -0.168. The third-order valence-electron chi connectivity index (χ3n) is 4.52. The number of sulfone groups is 1. The smallest absolute Gasteiger partial charge is 0.150 e. The average Bonchev–Trinajstić information content (AvgIpc) is 2.47. The zero-order valence-electron chi connectivity index (χ0n) is 13.0. The Morgan fingerprint density at radius 2 is 1.81 bits per heavy atom. The Balaban J connectivity index is 1.97. The van der Waals surface area contributed by atoms with Gasteiger partial charge >= 0.3 is 0 Å². The van der Waals surface area contributed by atoms with Gasteiger partial charge in [0.15, 0.2) is 0 Å². The first-order chi connectivity index (χ1) is 9.90. The average molecular weight is 310 g/mol. The molecule has 1 aromatic carbocycles. The maximum Gasteiger partial charge on any atom is 0.150 e. The first-order valence-electron chi connectivity index (χ1n) is 7.57. The van der Waals surface area contributed by atoms with Crippen LogP contribution in [0.25, 0.3) is 0 Å². The number of hydrogen-bond donors (Lipinski definition) is 1. The molecule has 0 spiro atoms. The summed E-state index contributed by atoms with van der Waals surface area (Å²) < 4.78 is 23.5. The van der Waals surface area contributed by atoms with Gasteiger partial charge in [0.25, 0.3) is 0 Å². The summed E-state index contributed by atoms with van der Waals surface area (Å²) in [5.74, 6) is 0. The van der Waals surface area contributed by atoms with E-state index >= 15 is 0 Å². The lowest BCUT2D eigenvalue weighted by Gasteiger charge is -2.34. The highest BCUT2D eigenvalue weighted by molar-refractivity contribution is 7.91. The van der Waals surface area contributed by atoms with E-state index in [0.717, 1.165) is 37.8 Å². The summed E-state index contributed by atoms with van der Waals surface area (Å²) in [6.45, 7) is 1.42. The van der Waals surface area contributed by atoms with Crippen molar-refractivity contribution < 1.29 is 8.42 Å². The normalized spacial score (nSPS) is 23.4. The predicted octanol–water partition coefficient (Wildman–Crippen LogP) is 1.93. The fraction of sp³-hybridized carbons (Fsp3) is 0.625. The van der Waals surface area contributed by atoms with E-state index in [2.05, 4.69) is 36.2 Å². The molecule has 2 unspecified atom stereocenters. The van der Waals surface area contributed by atoms with Gasteiger partial charge in [0, 0.05) is 25.4 Å². The van der Waals surface area contributed by atoms with Crippen molar-refractivity contribution in [2.75, 3.05) is 13.3 Å². The highest BCUT2D eigenvalue weighted by Crippen LogP contribution is 2.27. The molecular weight excluding hydrogens is 284 g/mol. The summed E-state index contributed by atoms with van der Waals surface area (Å²) in [7, 11) is -0.825. The van der Waals surface area contributed by atoms with Crippen molar-refractivity contribution >= 4 is 9.84 Å². The first-order valence-corrected chi connectivity index (χ1v) is 9.52. The summed E-state index contributed by atoms with van der Waals surface area (Å²) in [5.41, 5.74) is 7.99. The van der Waals surface area contributed by atoms with Gasteiger partial charge in [-0.05, 0) is 37.4 Å². The minimum Gasteiger partial charge on any atom is -0.326 e. The lowest BCUT2D eigenvalue weighted by molar-refractivity contribution is 0.186. The van der Waals surface area contributed by atoms with Crippen molar-refractivity contribution in [1.82, 2.24) is 4.90 Å². The molecule has 0 bridgehead atoms. The summed E-state index contributed by atoms with van der Waals surface area (Å²) in [6, 6.07) is 8.69. The molecule has 0 aliphatic heterocycles. The molecule has 5 heteroatoms. The SMILES string of the molecule is CN(Cc1ccc(CN)cc1)C1CCCC(S(C)(=O)=O)C1. The monoisotopic (exact) mass is 310 g/mol. The van der Waals surface area contributed by atoms with Crippen molar-refractivity contribution in [2.45, 2.75) is 50.1 Å². The number of nitrogens with two attached hydrogens (primary N) is 1. The van der Waals surface area contributed by atoms with Gasteiger partial charge in [-0.15, -0.1) is 0 Å². The van der Waals surface area contributed by atoms with Gasteiger partial charge in [0.2, 0.25) is 0 Å². The lowest BCUT2D eigenvalue weighted by Crippen LogP contribution is -2.39. The van der Waals surface area contributed by atoms with E-state index in [1.807, 2.05) is 0 Å². The van der Waals surface area contributed by atoms with E-state index in [-0.39, 0.29) is 5.25 Å². The second kappa shape index (κ2) is 6.90. The molecule has 21 heavy (non-hydrogen) atoms. The van der Waals surface area contributed by atoms with Gasteiger partial charge in [-0.25, -0.2) is 8.42 Å². The quantitative estimate of drug-likeness (QED) is 0.902. The van der Waals surface area contributed by atoms with E-state index in [1.165, 1.54) is 11.8 Å². The van der Waals surface area contributed by atoms with Crippen molar-refractivity contribution in [3.63, 3.8) is 0 Å². The standard InChI is InChI=1S/C16H26N2O2S/c1-18(12-14-8-6-13(11-17)7-9-14)15-4-3-5-16(10-15)21(2,19)20/h6-9,15-16H,3-5,10-12,17H2,1-2H3. The zero-order valence-corrected chi connectivity index (χ0v) is 13.8. The van der Waals surface area contributed by atoms with Crippen LogP contribution in [0.4, 0.5) is 0 Å². The van der Waals surface area contributed by atoms with Crippen LogP contribution in [0.1, 0.15) is 36.8 Å². The van der Waals surface area contributed by atoms with Crippen LogP contribution in [0, 0.1) is 0 Å². The second-order valence-electron chi connectivity index (χ2n) is 6.21. The summed E-state index contributed by atoms with van der Waals surface area (Å²) >= 11 is 0. The van der Waals surface area contributed by atoms with Crippen molar-refractivity contribution in [3.8, 4) is 0 Å².